The molecule has 0 saturated heterocycles. The number of amides is 1. The molecule has 0 aliphatic heterocycles. The Hall–Kier alpha value is -3.51. The fourth-order valence-electron chi connectivity index (χ4n) is 3.21. The smallest absolute Gasteiger partial charge is 0.349 e. The van der Waals surface area contributed by atoms with Crippen LogP contribution in [0.15, 0.2) is 77.7 Å². The number of esters is 1. The molecule has 0 aliphatic carbocycles. The summed E-state index contributed by atoms with van der Waals surface area (Å²) in [4.78, 5) is 24.3. The zero-order valence-electron chi connectivity index (χ0n) is 18.6. The number of halogens is 1. The van der Waals surface area contributed by atoms with E-state index in [4.69, 9.17) is 28.6 Å². The molecule has 1 heterocycles. The molecule has 0 atom stereocenters. The third-order valence-electron chi connectivity index (χ3n) is 4.94. The van der Waals surface area contributed by atoms with Gasteiger partial charge in [-0.2, -0.15) is 0 Å². The Labute approximate surface area is 221 Å². The van der Waals surface area contributed by atoms with E-state index in [0.717, 1.165) is 10.1 Å². The van der Waals surface area contributed by atoms with E-state index in [9.17, 15) is 18.0 Å². The first-order chi connectivity index (χ1) is 17.2. The number of thiocarbonyl (C=S) groups is 1. The molecule has 4 rings (SSSR count). The summed E-state index contributed by atoms with van der Waals surface area (Å²) < 4.78 is 32.7. The van der Waals surface area contributed by atoms with Crippen molar-refractivity contribution < 1.29 is 22.7 Å². The van der Waals surface area contributed by atoms with Gasteiger partial charge in [0.25, 0.3) is 15.9 Å². The van der Waals surface area contributed by atoms with Crippen molar-refractivity contribution in [1.82, 2.24) is 4.72 Å². The summed E-state index contributed by atoms with van der Waals surface area (Å²) in [7, 11) is -2.76. The van der Waals surface area contributed by atoms with Crippen molar-refractivity contribution in [3.8, 4) is 0 Å². The summed E-state index contributed by atoms with van der Waals surface area (Å²) in [5.74, 6) is -1.22. The topological polar surface area (TPSA) is 114 Å². The summed E-state index contributed by atoms with van der Waals surface area (Å²) in [5, 5.41) is 7.33. The van der Waals surface area contributed by atoms with E-state index in [1.54, 1.807) is 36.4 Å². The molecule has 12 heteroatoms. The summed E-state index contributed by atoms with van der Waals surface area (Å²) in [5.41, 5.74) is 1.44. The van der Waals surface area contributed by atoms with Gasteiger partial charge >= 0.3 is 5.97 Å². The number of carbonyl (C=O) groups is 2. The summed E-state index contributed by atoms with van der Waals surface area (Å²) in [6.07, 6.45) is 0. The second kappa shape index (κ2) is 10.6. The van der Waals surface area contributed by atoms with Crippen LogP contribution in [0.3, 0.4) is 0 Å². The Morgan fingerprint density at radius 2 is 1.58 bits per heavy atom. The molecule has 3 N–H and O–H groups in total. The number of fused-ring (bicyclic) bond motifs is 1. The second-order valence-corrected chi connectivity index (χ2v) is 10.9. The maximum Gasteiger partial charge on any atom is 0.349 e. The summed E-state index contributed by atoms with van der Waals surface area (Å²) in [6.45, 7) is 0. The van der Waals surface area contributed by atoms with Crippen LogP contribution >= 0.6 is 35.2 Å². The van der Waals surface area contributed by atoms with Crippen LogP contribution in [0, 0.1) is 0 Å². The Morgan fingerprint density at radius 1 is 0.944 bits per heavy atom. The Balaban J connectivity index is 1.41. The lowest BCUT2D eigenvalue weighted by molar-refractivity contribution is 0.0606. The molecule has 36 heavy (non-hydrogen) atoms. The van der Waals surface area contributed by atoms with E-state index in [2.05, 4.69) is 15.4 Å². The molecule has 184 valence electrons. The summed E-state index contributed by atoms with van der Waals surface area (Å²) in [6, 6.07) is 19.2. The Bertz CT molecular complexity index is 1570. The van der Waals surface area contributed by atoms with Crippen LogP contribution in [0.5, 0.6) is 0 Å². The minimum absolute atomic E-state index is 0.0716. The van der Waals surface area contributed by atoms with Crippen LogP contribution in [0.1, 0.15) is 20.0 Å². The monoisotopic (exact) mass is 559 g/mol. The number of sulfonamides is 1. The average Bonchev–Trinajstić information content (AvgIpc) is 3.19. The third-order valence-corrected chi connectivity index (χ3v) is 8.13. The fraction of sp³-hybridized carbons (Fsp3) is 0.0417. The minimum Gasteiger partial charge on any atom is -0.465 e. The molecular formula is C24H18ClN3O5S3. The standard InChI is InChI=1S/C24H18ClN3O5S3/c1-33-23(30)21-20(25)18-12-9-16(13-19(18)35-21)27-24(34)26-15-7-10-17(11-8-15)36(31,32)28-22(29)14-5-3-2-4-6-14/h2-13H,1H3,(H,28,29)(H2,26,27,34). The number of methoxy groups -OCH3 is 1. The first-order valence-corrected chi connectivity index (χ1v) is 13.4. The molecule has 0 aliphatic rings. The first-order valence-electron chi connectivity index (χ1n) is 10.3. The van der Waals surface area contributed by atoms with E-state index < -0.39 is 21.9 Å². The molecule has 8 nitrogen and oxygen atoms in total. The predicted molar refractivity (Wildman–Crippen MR) is 146 cm³/mol. The van der Waals surface area contributed by atoms with Crippen LogP contribution in [0.4, 0.5) is 11.4 Å². The van der Waals surface area contributed by atoms with Crippen molar-refractivity contribution >= 4 is 83.6 Å². The normalized spacial score (nSPS) is 11.1. The number of thiophene rings is 1. The van der Waals surface area contributed by atoms with Gasteiger partial charge in [0.15, 0.2) is 5.11 Å². The van der Waals surface area contributed by atoms with E-state index in [0.29, 0.717) is 21.3 Å². The molecule has 0 radical (unpaired) electrons. The van der Waals surface area contributed by atoms with Crippen molar-refractivity contribution in [3.05, 3.63) is 88.3 Å². The fourth-order valence-corrected chi connectivity index (χ4v) is 5.88. The van der Waals surface area contributed by atoms with Crippen LogP contribution in [-0.4, -0.2) is 32.5 Å². The highest BCUT2D eigenvalue weighted by Gasteiger charge is 2.19. The second-order valence-electron chi connectivity index (χ2n) is 7.35. The van der Waals surface area contributed by atoms with Crippen LogP contribution in [-0.2, 0) is 14.8 Å². The number of benzene rings is 3. The quantitative estimate of drug-likeness (QED) is 0.216. The number of nitrogens with one attached hydrogen (secondary N) is 3. The van der Waals surface area contributed by atoms with Gasteiger partial charge < -0.3 is 15.4 Å². The molecule has 0 fully saturated rings. The Morgan fingerprint density at radius 3 is 2.25 bits per heavy atom. The zero-order chi connectivity index (χ0) is 25.9. The Kier molecular flexibility index (Phi) is 7.55. The average molecular weight is 560 g/mol. The van der Waals surface area contributed by atoms with Gasteiger partial charge in [-0.1, -0.05) is 29.8 Å². The SMILES string of the molecule is COC(=O)c1sc2cc(NC(=S)Nc3ccc(S(=O)(=O)NC(=O)c4ccccc4)cc3)ccc2c1Cl. The highest BCUT2D eigenvalue weighted by molar-refractivity contribution is 7.90. The van der Waals surface area contributed by atoms with Crippen molar-refractivity contribution in [1.29, 1.82) is 0 Å². The molecule has 1 aromatic heterocycles. The molecule has 0 spiro atoms. The van der Waals surface area contributed by atoms with Gasteiger partial charge in [-0.05, 0) is 66.8 Å². The first kappa shape index (κ1) is 25.6. The van der Waals surface area contributed by atoms with Gasteiger partial charge in [-0.15, -0.1) is 11.3 Å². The molecule has 0 unspecified atom stereocenters. The molecule has 0 saturated carbocycles. The highest BCUT2D eigenvalue weighted by Crippen LogP contribution is 2.37. The third kappa shape index (κ3) is 5.65. The van der Waals surface area contributed by atoms with E-state index in [1.807, 2.05) is 0 Å². The maximum absolute atomic E-state index is 12.6. The zero-order valence-corrected chi connectivity index (χ0v) is 21.8. The molecular weight excluding hydrogens is 542 g/mol. The van der Waals surface area contributed by atoms with Crippen molar-refractivity contribution in [2.75, 3.05) is 17.7 Å². The lowest BCUT2D eigenvalue weighted by atomic mass is 10.2. The summed E-state index contributed by atoms with van der Waals surface area (Å²) >= 11 is 12.9. The van der Waals surface area contributed by atoms with Gasteiger partial charge in [0.05, 0.1) is 17.0 Å². The van der Waals surface area contributed by atoms with Crippen LogP contribution in [0.25, 0.3) is 10.1 Å². The lowest BCUT2D eigenvalue weighted by Crippen LogP contribution is -2.30. The van der Waals surface area contributed by atoms with Crippen LogP contribution < -0.4 is 15.4 Å². The number of carbonyl (C=O) groups excluding carboxylic acids is 2. The molecule has 3 aromatic carbocycles. The maximum atomic E-state index is 12.6. The van der Waals surface area contributed by atoms with Crippen molar-refractivity contribution in [2.24, 2.45) is 0 Å². The minimum atomic E-state index is -4.05. The highest BCUT2D eigenvalue weighted by atomic mass is 35.5. The van der Waals surface area contributed by atoms with Crippen LogP contribution in [0.2, 0.25) is 5.02 Å². The van der Waals surface area contributed by atoms with E-state index in [1.165, 1.54) is 54.8 Å². The predicted octanol–water partition coefficient (Wildman–Crippen LogP) is 5.27. The van der Waals surface area contributed by atoms with E-state index in [-0.39, 0.29) is 15.6 Å². The largest absolute Gasteiger partial charge is 0.465 e. The van der Waals surface area contributed by atoms with Crippen molar-refractivity contribution in [2.45, 2.75) is 4.90 Å². The molecule has 1 amide bonds. The van der Waals surface area contributed by atoms with Gasteiger partial charge in [0.1, 0.15) is 4.88 Å². The van der Waals surface area contributed by atoms with Gasteiger partial charge in [-0.25, -0.2) is 17.9 Å². The van der Waals surface area contributed by atoms with Crippen molar-refractivity contribution in [3.63, 3.8) is 0 Å². The van der Waals surface area contributed by atoms with E-state index >= 15 is 0 Å². The van der Waals surface area contributed by atoms with Gasteiger partial charge in [0.2, 0.25) is 0 Å². The number of rotatable bonds is 6. The molecule has 0 bridgehead atoms. The molecule has 4 aromatic rings. The lowest BCUT2D eigenvalue weighted by Gasteiger charge is -2.12. The number of ether oxygens (including phenoxy) is 1. The van der Waals surface area contributed by atoms with Gasteiger partial charge in [-0.3, -0.25) is 4.79 Å². The number of anilines is 2. The number of hydrogen-bond donors (Lipinski definition) is 3. The van der Waals surface area contributed by atoms with Gasteiger partial charge in [0, 0.05) is 27.0 Å². The number of hydrogen-bond acceptors (Lipinski definition) is 7.